The van der Waals surface area contributed by atoms with Crippen LogP contribution in [0.1, 0.15) is 24.9 Å². The molecule has 132 valence electrons. The maximum absolute atomic E-state index is 13.2. The van der Waals surface area contributed by atoms with Gasteiger partial charge in [-0.1, -0.05) is 12.1 Å². The number of halogens is 2. The minimum absolute atomic E-state index is 0.0646. The standard InChI is InChI=1S/C18H18F2N2O3/c1-11(23)21-17(12-3-6-14(25-2)7-4-12)10-18(24)22-13-5-8-15(19)16(20)9-13/h3-9,17H,10H2,1-2H3,(H,21,23)(H,22,24)/t17-/m1/s1. The minimum atomic E-state index is -1.05. The van der Waals surface area contributed by atoms with E-state index >= 15 is 0 Å². The van der Waals surface area contributed by atoms with Crippen LogP contribution in [0.4, 0.5) is 14.5 Å². The highest BCUT2D eigenvalue weighted by molar-refractivity contribution is 5.91. The van der Waals surface area contributed by atoms with Crippen molar-refractivity contribution in [3.05, 3.63) is 59.7 Å². The second-order valence-electron chi connectivity index (χ2n) is 5.41. The van der Waals surface area contributed by atoms with E-state index in [2.05, 4.69) is 10.6 Å². The molecule has 2 amide bonds. The molecule has 0 heterocycles. The van der Waals surface area contributed by atoms with Crippen molar-refractivity contribution in [2.24, 2.45) is 0 Å². The number of rotatable bonds is 6. The van der Waals surface area contributed by atoms with Crippen molar-refractivity contribution < 1.29 is 23.1 Å². The summed E-state index contributed by atoms with van der Waals surface area (Å²) in [4.78, 5) is 23.6. The summed E-state index contributed by atoms with van der Waals surface area (Å²) in [6.45, 7) is 1.35. The second-order valence-corrected chi connectivity index (χ2v) is 5.41. The monoisotopic (exact) mass is 348 g/mol. The average molecular weight is 348 g/mol. The van der Waals surface area contributed by atoms with Crippen molar-refractivity contribution in [1.29, 1.82) is 0 Å². The van der Waals surface area contributed by atoms with Crippen molar-refractivity contribution in [2.75, 3.05) is 12.4 Å². The van der Waals surface area contributed by atoms with Crippen molar-refractivity contribution in [3.63, 3.8) is 0 Å². The third-order valence-corrected chi connectivity index (χ3v) is 3.49. The van der Waals surface area contributed by atoms with Gasteiger partial charge in [0.05, 0.1) is 19.6 Å². The van der Waals surface area contributed by atoms with E-state index in [1.54, 1.807) is 24.3 Å². The molecule has 5 nitrogen and oxygen atoms in total. The summed E-state index contributed by atoms with van der Waals surface area (Å²) in [5.74, 6) is -2.13. The first-order chi connectivity index (χ1) is 11.9. The fourth-order valence-corrected chi connectivity index (χ4v) is 2.31. The SMILES string of the molecule is COc1ccc([C@@H](CC(=O)Nc2ccc(F)c(F)c2)NC(C)=O)cc1. The molecule has 0 fully saturated rings. The molecular formula is C18H18F2N2O3. The van der Waals surface area contributed by atoms with Crippen LogP contribution in [0.2, 0.25) is 0 Å². The molecule has 0 aromatic heterocycles. The van der Waals surface area contributed by atoms with Crippen LogP contribution in [0.15, 0.2) is 42.5 Å². The van der Waals surface area contributed by atoms with E-state index in [1.165, 1.54) is 20.1 Å². The van der Waals surface area contributed by atoms with E-state index in [0.717, 1.165) is 17.7 Å². The van der Waals surface area contributed by atoms with E-state index in [9.17, 15) is 18.4 Å². The average Bonchev–Trinajstić information content (AvgIpc) is 2.57. The van der Waals surface area contributed by atoms with Crippen LogP contribution in [-0.4, -0.2) is 18.9 Å². The molecule has 0 saturated heterocycles. The lowest BCUT2D eigenvalue weighted by molar-refractivity contribution is -0.120. The summed E-state index contributed by atoms with van der Waals surface area (Å²) in [7, 11) is 1.54. The number of ether oxygens (including phenoxy) is 1. The lowest BCUT2D eigenvalue weighted by Gasteiger charge is -2.18. The van der Waals surface area contributed by atoms with E-state index in [4.69, 9.17) is 4.74 Å². The van der Waals surface area contributed by atoms with Gasteiger partial charge in [0.2, 0.25) is 11.8 Å². The molecule has 0 aliphatic heterocycles. The lowest BCUT2D eigenvalue weighted by atomic mass is 10.0. The molecule has 1 atom stereocenters. The Morgan fingerprint density at radius 3 is 2.32 bits per heavy atom. The zero-order valence-corrected chi connectivity index (χ0v) is 13.8. The quantitative estimate of drug-likeness (QED) is 0.843. The van der Waals surface area contributed by atoms with E-state index in [-0.39, 0.29) is 18.0 Å². The molecule has 0 aliphatic carbocycles. The van der Waals surface area contributed by atoms with Crippen molar-refractivity contribution in [2.45, 2.75) is 19.4 Å². The van der Waals surface area contributed by atoms with Crippen molar-refractivity contribution >= 4 is 17.5 Å². The predicted molar refractivity (Wildman–Crippen MR) is 89.2 cm³/mol. The molecule has 0 radical (unpaired) electrons. The molecule has 0 unspecified atom stereocenters. The Hall–Kier alpha value is -2.96. The normalized spacial score (nSPS) is 11.5. The Balaban J connectivity index is 2.10. The number of methoxy groups -OCH3 is 1. The molecular weight excluding hydrogens is 330 g/mol. The summed E-state index contributed by atoms with van der Waals surface area (Å²) >= 11 is 0. The van der Waals surface area contributed by atoms with Gasteiger partial charge in [0.1, 0.15) is 5.75 Å². The minimum Gasteiger partial charge on any atom is -0.497 e. The number of carbonyl (C=O) groups is 2. The third kappa shape index (κ3) is 5.27. The first-order valence-corrected chi connectivity index (χ1v) is 7.55. The highest BCUT2D eigenvalue weighted by Crippen LogP contribution is 2.21. The van der Waals surface area contributed by atoms with Crippen LogP contribution < -0.4 is 15.4 Å². The second kappa shape index (κ2) is 8.23. The number of nitrogens with one attached hydrogen (secondary N) is 2. The van der Waals surface area contributed by atoms with Crippen LogP contribution in [0, 0.1) is 11.6 Å². The summed E-state index contributed by atoms with van der Waals surface area (Å²) in [6, 6.07) is 9.45. The zero-order valence-electron chi connectivity index (χ0n) is 13.8. The fraction of sp³-hybridized carbons (Fsp3) is 0.222. The molecule has 0 aliphatic rings. The summed E-state index contributed by atoms with van der Waals surface area (Å²) in [5.41, 5.74) is 0.858. The van der Waals surface area contributed by atoms with Gasteiger partial charge >= 0.3 is 0 Å². The molecule has 0 bridgehead atoms. The molecule has 2 aromatic rings. The maximum atomic E-state index is 13.2. The van der Waals surface area contributed by atoms with Gasteiger partial charge < -0.3 is 15.4 Å². The first-order valence-electron chi connectivity index (χ1n) is 7.55. The predicted octanol–water partition coefficient (Wildman–Crippen LogP) is 3.18. The van der Waals surface area contributed by atoms with Gasteiger partial charge in [-0.2, -0.15) is 0 Å². The Kier molecular flexibility index (Phi) is 6.05. The number of anilines is 1. The van der Waals surface area contributed by atoms with E-state index < -0.39 is 23.6 Å². The highest BCUT2D eigenvalue weighted by atomic mass is 19.2. The molecule has 2 N–H and O–H groups in total. The fourth-order valence-electron chi connectivity index (χ4n) is 2.31. The van der Waals surface area contributed by atoms with Gasteiger partial charge in [0, 0.05) is 18.7 Å². The highest BCUT2D eigenvalue weighted by Gasteiger charge is 2.18. The Bertz CT molecular complexity index is 763. The Labute approximate surface area is 144 Å². The van der Waals surface area contributed by atoms with Gasteiger partial charge in [-0.05, 0) is 29.8 Å². The number of hydrogen-bond acceptors (Lipinski definition) is 3. The third-order valence-electron chi connectivity index (χ3n) is 3.49. The van der Waals surface area contributed by atoms with Crippen molar-refractivity contribution in [3.8, 4) is 5.75 Å². The molecule has 0 saturated carbocycles. The number of benzene rings is 2. The van der Waals surface area contributed by atoms with Gasteiger partial charge in [-0.15, -0.1) is 0 Å². The number of carbonyl (C=O) groups excluding carboxylic acids is 2. The summed E-state index contributed by atoms with van der Waals surface area (Å²) in [5, 5.41) is 5.18. The largest absolute Gasteiger partial charge is 0.497 e. The summed E-state index contributed by atoms with van der Waals surface area (Å²) < 4.78 is 31.2. The molecule has 0 spiro atoms. The molecule has 7 heteroatoms. The lowest BCUT2D eigenvalue weighted by Crippen LogP contribution is -2.29. The van der Waals surface area contributed by atoms with Gasteiger partial charge in [0.25, 0.3) is 0 Å². The first kappa shape index (κ1) is 18.4. The van der Waals surface area contributed by atoms with Crippen LogP contribution in [0.3, 0.4) is 0 Å². The summed E-state index contributed by atoms with van der Waals surface area (Å²) in [6.07, 6.45) is -0.0646. The molecule has 25 heavy (non-hydrogen) atoms. The van der Waals surface area contributed by atoms with Crippen LogP contribution >= 0.6 is 0 Å². The Morgan fingerprint density at radius 2 is 1.76 bits per heavy atom. The van der Waals surface area contributed by atoms with E-state index in [0.29, 0.717) is 5.75 Å². The molecule has 2 aromatic carbocycles. The smallest absolute Gasteiger partial charge is 0.226 e. The van der Waals surface area contributed by atoms with Crippen LogP contribution in [0.5, 0.6) is 5.75 Å². The number of hydrogen-bond donors (Lipinski definition) is 2. The van der Waals surface area contributed by atoms with Gasteiger partial charge in [0.15, 0.2) is 11.6 Å². The van der Waals surface area contributed by atoms with E-state index in [1.807, 2.05) is 0 Å². The van der Waals surface area contributed by atoms with Crippen LogP contribution in [0.25, 0.3) is 0 Å². The van der Waals surface area contributed by atoms with Crippen LogP contribution in [-0.2, 0) is 9.59 Å². The number of amides is 2. The molecule has 2 rings (SSSR count). The van der Waals surface area contributed by atoms with Gasteiger partial charge in [-0.25, -0.2) is 8.78 Å². The topological polar surface area (TPSA) is 67.4 Å². The van der Waals surface area contributed by atoms with Gasteiger partial charge in [-0.3, -0.25) is 9.59 Å². The van der Waals surface area contributed by atoms with Crippen molar-refractivity contribution in [1.82, 2.24) is 5.32 Å². The Morgan fingerprint density at radius 1 is 1.08 bits per heavy atom. The zero-order chi connectivity index (χ0) is 18.4. The maximum Gasteiger partial charge on any atom is 0.226 e.